The van der Waals surface area contributed by atoms with Gasteiger partial charge in [-0.15, -0.1) is 0 Å². The number of hydrogen-bond acceptors (Lipinski definition) is 13. The standard InChI is InChI=1S/C26H43N3O10S/c1-7-25-21(35-5)18(27-3)20(30)19(28-4)22(25)37-26(32)23(38-25)36-15(2)12-24(26,31)14-29-13-16-8-10-17(11-9-16)39-40(6,33)34/h8-11,15,18-23,27-32H,7,12-14H2,1-6H3/t15-,18-,19+,20+,21+,22-,23+,24-,25-,26-/m1/s1. The van der Waals surface area contributed by atoms with Crippen molar-refractivity contribution in [3.63, 3.8) is 0 Å². The second kappa shape index (κ2) is 11.7. The fourth-order valence-corrected chi connectivity index (χ4v) is 6.90. The molecule has 0 radical (unpaired) electrons. The molecule has 2 aliphatic heterocycles. The molecule has 0 aromatic heterocycles. The van der Waals surface area contributed by atoms with Crippen LogP contribution in [0.1, 0.15) is 32.3 Å². The molecule has 13 nitrogen and oxygen atoms in total. The van der Waals surface area contributed by atoms with Crippen molar-refractivity contribution in [2.75, 3.05) is 34.0 Å². The average Bonchev–Trinajstić information content (AvgIpc) is 2.88. The summed E-state index contributed by atoms with van der Waals surface area (Å²) in [4.78, 5) is 0. The van der Waals surface area contributed by atoms with Crippen LogP contribution in [0.15, 0.2) is 24.3 Å². The first-order chi connectivity index (χ1) is 18.8. The summed E-state index contributed by atoms with van der Waals surface area (Å²) in [7, 11) is 1.32. The number of aliphatic hydroxyl groups excluding tert-OH is 1. The fourth-order valence-electron chi connectivity index (χ4n) is 6.44. The lowest BCUT2D eigenvalue weighted by molar-refractivity contribution is -0.502. The molecule has 2 heterocycles. The Morgan fingerprint density at radius 2 is 1.75 bits per heavy atom. The molecule has 10 atom stereocenters. The SMILES string of the molecule is CC[C@]12O[C@@H]3O[C@H](C)C[C@@](O)(CNCc4ccc(OS(C)(=O)=O)cc4)[C@]3(O)O[C@@H]1[C@@H](NC)[C@@H](O)[C@@H](NC)[C@@H]2OC. The van der Waals surface area contributed by atoms with Crippen LogP contribution in [0, 0.1) is 0 Å². The number of ether oxygens (including phenoxy) is 4. The molecule has 3 fully saturated rings. The molecule has 0 unspecified atom stereocenters. The van der Waals surface area contributed by atoms with Gasteiger partial charge in [0.05, 0.1) is 30.5 Å². The van der Waals surface area contributed by atoms with Gasteiger partial charge in [0.1, 0.15) is 29.2 Å². The summed E-state index contributed by atoms with van der Waals surface area (Å²) in [5, 5.41) is 44.5. The first-order valence-corrected chi connectivity index (χ1v) is 15.3. The van der Waals surface area contributed by atoms with E-state index in [1.165, 1.54) is 19.2 Å². The van der Waals surface area contributed by atoms with Gasteiger partial charge < -0.3 is 54.4 Å². The van der Waals surface area contributed by atoms with Crippen molar-refractivity contribution < 1.29 is 46.9 Å². The van der Waals surface area contributed by atoms with Crippen LogP contribution in [0.25, 0.3) is 0 Å². The number of methoxy groups -OCH3 is 1. The smallest absolute Gasteiger partial charge is 0.306 e. The quantitative estimate of drug-likeness (QED) is 0.180. The molecule has 1 aromatic carbocycles. The molecule has 1 aromatic rings. The Labute approximate surface area is 235 Å². The van der Waals surface area contributed by atoms with E-state index in [9.17, 15) is 23.7 Å². The molecular weight excluding hydrogens is 546 g/mol. The van der Waals surface area contributed by atoms with Gasteiger partial charge in [-0.2, -0.15) is 8.42 Å². The average molecular weight is 590 g/mol. The van der Waals surface area contributed by atoms with Crippen LogP contribution in [0.4, 0.5) is 0 Å². The molecule has 6 N–H and O–H groups in total. The highest BCUT2D eigenvalue weighted by Gasteiger charge is 2.72. The van der Waals surface area contributed by atoms with E-state index in [1.54, 1.807) is 33.2 Å². The van der Waals surface area contributed by atoms with Crippen LogP contribution < -0.4 is 20.1 Å². The molecule has 1 saturated carbocycles. The summed E-state index contributed by atoms with van der Waals surface area (Å²) in [6, 6.07) is 5.28. The maximum absolute atomic E-state index is 12.0. The van der Waals surface area contributed by atoms with E-state index in [0.717, 1.165) is 11.8 Å². The summed E-state index contributed by atoms with van der Waals surface area (Å²) in [5.74, 6) is -2.08. The number of likely N-dealkylation sites (N-methyl/N-ethyl adjacent to an activating group) is 2. The predicted molar refractivity (Wildman–Crippen MR) is 144 cm³/mol. The van der Waals surface area contributed by atoms with E-state index in [-0.39, 0.29) is 18.7 Å². The zero-order valence-corrected chi connectivity index (χ0v) is 24.6. The summed E-state index contributed by atoms with van der Waals surface area (Å²) in [6.07, 6.45) is -2.90. The van der Waals surface area contributed by atoms with Gasteiger partial charge in [0.15, 0.2) is 0 Å². The van der Waals surface area contributed by atoms with Gasteiger partial charge in [-0.3, -0.25) is 0 Å². The van der Waals surface area contributed by atoms with Crippen molar-refractivity contribution in [1.82, 2.24) is 16.0 Å². The summed E-state index contributed by atoms with van der Waals surface area (Å²) in [6.45, 7) is 3.92. The third-order valence-electron chi connectivity index (χ3n) is 8.34. The number of rotatable bonds is 10. The number of fused-ring (bicyclic) bond motifs is 2. The van der Waals surface area contributed by atoms with Gasteiger partial charge >= 0.3 is 10.1 Å². The topological polar surface area (TPSA) is 177 Å². The van der Waals surface area contributed by atoms with Gasteiger partial charge in [-0.05, 0) is 45.1 Å². The van der Waals surface area contributed by atoms with Crippen molar-refractivity contribution in [1.29, 1.82) is 0 Å². The van der Waals surface area contributed by atoms with Crippen molar-refractivity contribution in [2.45, 2.75) is 93.0 Å². The molecule has 14 heteroatoms. The van der Waals surface area contributed by atoms with Crippen molar-refractivity contribution in [2.24, 2.45) is 0 Å². The first kappa shape index (κ1) is 31.5. The van der Waals surface area contributed by atoms with Gasteiger partial charge in [-0.25, -0.2) is 0 Å². The third-order valence-corrected chi connectivity index (χ3v) is 8.84. The van der Waals surface area contributed by atoms with Crippen LogP contribution in [0.2, 0.25) is 0 Å². The molecule has 1 aliphatic carbocycles. The van der Waals surface area contributed by atoms with Gasteiger partial charge in [0.2, 0.25) is 12.1 Å². The van der Waals surface area contributed by atoms with Crippen molar-refractivity contribution >= 4 is 10.1 Å². The van der Waals surface area contributed by atoms with Crippen LogP contribution in [-0.4, -0.2) is 118 Å². The van der Waals surface area contributed by atoms with Crippen LogP contribution in [0.5, 0.6) is 5.75 Å². The molecule has 0 amide bonds. The van der Waals surface area contributed by atoms with Crippen molar-refractivity contribution in [3.8, 4) is 5.75 Å². The Morgan fingerprint density at radius 3 is 2.30 bits per heavy atom. The summed E-state index contributed by atoms with van der Waals surface area (Å²) >= 11 is 0. The molecule has 40 heavy (non-hydrogen) atoms. The highest BCUT2D eigenvalue weighted by molar-refractivity contribution is 7.86. The highest BCUT2D eigenvalue weighted by atomic mass is 32.2. The lowest BCUT2D eigenvalue weighted by Crippen LogP contribution is -2.85. The maximum atomic E-state index is 12.0. The minimum atomic E-state index is -3.63. The Balaban J connectivity index is 1.58. The van der Waals surface area contributed by atoms with Gasteiger partial charge in [-0.1, -0.05) is 19.1 Å². The van der Waals surface area contributed by atoms with E-state index >= 15 is 0 Å². The summed E-state index contributed by atoms with van der Waals surface area (Å²) < 4.78 is 52.4. The molecular formula is C26H43N3O10S. The van der Waals surface area contributed by atoms with E-state index in [0.29, 0.717) is 13.0 Å². The van der Waals surface area contributed by atoms with Gasteiger partial charge in [0, 0.05) is 26.6 Å². The Morgan fingerprint density at radius 1 is 1.10 bits per heavy atom. The molecule has 0 spiro atoms. The number of nitrogens with one attached hydrogen (secondary N) is 3. The van der Waals surface area contributed by atoms with Crippen LogP contribution in [0.3, 0.4) is 0 Å². The van der Waals surface area contributed by atoms with E-state index < -0.39 is 69.9 Å². The minimum absolute atomic E-state index is 0.0446. The number of aliphatic hydroxyl groups is 3. The van der Waals surface area contributed by atoms with Crippen LogP contribution in [-0.2, 0) is 35.6 Å². The fraction of sp³-hybridized carbons (Fsp3) is 0.769. The molecule has 4 rings (SSSR count). The monoisotopic (exact) mass is 589 g/mol. The highest BCUT2D eigenvalue weighted by Crippen LogP contribution is 2.51. The second-order valence-electron chi connectivity index (χ2n) is 11.0. The second-order valence-corrected chi connectivity index (χ2v) is 12.6. The van der Waals surface area contributed by atoms with E-state index in [1.807, 2.05) is 6.92 Å². The number of hydrogen-bond donors (Lipinski definition) is 6. The Kier molecular flexibility index (Phi) is 9.20. The zero-order valence-electron chi connectivity index (χ0n) is 23.8. The predicted octanol–water partition coefficient (Wildman–Crippen LogP) is -1.20. The molecule has 0 bridgehead atoms. The third kappa shape index (κ3) is 5.52. The Bertz CT molecular complexity index is 1130. The zero-order chi connectivity index (χ0) is 29.5. The van der Waals surface area contributed by atoms with E-state index in [4.69, 9.17) is 23.1 Å². The van der Waals surface area contributed by atoms with Crippen molar-refractivity contribution in [3.05, 3.63) is 29.8 Å². The molecule has 2 saturated heterocycles. The lowest BCUT2D eigenvalue weighted by atomic mass is 9.69. The largest absolute Gasteiger partial charge is 0.390 e. The van der Waals surface area contributed by atoms with E-state index in [2.05, 4.69) is 16.0 Å². The van der Waals surface area contributed by atoms with Gasteiger partial charge in [0.25, 0.3) is 0 Å². The minimum Gasteiger partial charge on any atom is -0.390 e. The molecule has 3 aliphatic rings. The normalized spacial score (nSPS) is 41.7. The summed E-state index contributed by atoms with van der Waals surface area (Å²) in [5.41, 5.74) is -2.15. The number of benzene rings is 1. The molecule has 228 valence electrons. The maximum Gasteiger partial charge on any atom is 0.306 e. The van der Waals surface area contributed by atoms with Crippen LogP contribution >= 0.6 is 0 Å². The first-order valence-electron chi connectivity index (χ1n) is 13.5. The Hall–Kier alpha value is -1.43. The lowest BCUT2D eigenvalue weighted by Gasteiger charge is -2.64.